The van der Waals surface area contributed by atoms with Crippen LogP contribution in [0.4, 0.5) is 17.1 Å². The third-order valence-electron chi connectivity index (χ3n) is 3.83. The highest BCUT2D eigenvalue weighted by Gasteiger charge is 2.16. The van der Waals surface area contributed by atoms with E-state index in [1.807, 2.05) is 24.3 Å². The summed E-state index contributed by atoms with van der Waals surface area (Å²) in [6.07, 6.45) is 0.912. The number of carbonyl (C=O) groups is 3. The second kappa shape index (κ2) is 8.80. The summed E-state index contributed by atoms with van der Waals surface area (Å²) in [6, 6.07) is 14.4. The van der Waals surface area contributed by atoms with E-state index < -0.39 is 0 Å². The molecule has 136 valence electrons. The van der Waals surface area contributed by atoms with Crippen molar-refractivity contribution >= 4 is 34.8 Å². The van der Waals surface area contributed by atoms with Crippen LogP contribution in [0, 0.1) is 0 Å². The summed E-state index contributed by atoms with van der Waals surface area (Å²) >= 11 is 0. The molecule has 6 heteroatoms. The first kappa shape index (κ1) is 19.2. The smallest absolute Gasteiger partial charge is 0.244 e. The molecule has 0 aliphatic rings. The Morgan fingerprint density at radius 1 is 0.846 bits per heavy atom. The van der Waals surface area contributed by atoms with Crippen molar-refractivity contribution in [3.05, 3.63) is 54.1 Å². The SMILES string of the molecule is CCc1ccc(N(CC(=O)Nc2ccc(NC(C)=O)cc2)C(C)=O)cc1. The Bertz CT molecular complexity index is 783. The second-order valence-electron chi connectivity index (χ2n) is 5.93. The monoisotopic (exact) mass is 353 g/mol. The molecule has 0 unspecified atom stereocenters. The Kier molecular flexibility index (Phi) is 6.49. The van der Waals surface area contributed by atoms with E-state index in [1.165, 1.54) is 24.3 Å². The molecular formula is C20H23N3O3. The number of nitrogens with zero attached hydrogens (tertiary/aromatic N) is 1. The zero-order valence-corrected chi connectivity index (χ0v) is 15.2. The first-order chi connectivity index (χ1) is 12.4. The van der Waals surface area contributed by atoms with Crippen molar-refractivity contribution in [3.8, 4) is 0 Å². The van der Waals surface area contributed by atoms with E-state index in [1.54, 1.807) is 24.3 Å². The molecule has 2 rings (SSSR count). The number of carbonyl (C=O) groups excluding carboxylic acids is 3. The highest BCUT2D eigenvalue weighted by molar-refractivity contribution is 6.02. The van der Waals surface area contributed by atoms with E-state index in [0.717, 1.165) is 6.42 Å². The van der Waals surface area contributed by atoms with Crippen LogP contribution >= 0.6 is 0 Å². The molecule has 2 aromatic rings. The molecule has 6 nitrogen and oxygen atoms in total. The largest absolute Gasteiger partial charge is 0.326 e. The molecule has 0 saturated carbocycles. The molecule has 0 fully saturated rings. The highest BCUT2D eigenvalue weighted by atomic mass is 16.2. The quantitative estimate of drug-likeness (QED) is 0.837. The van der Waals surface area contributed by atoms with Crippen LogP contribution in [0.5, 0.6) is 0 Å². The molecule has 26 heavy (non-hydrogen) atoms. The Hall–Kier alpha value is -3.15. The van der Waals surface area contributed by atoms with Gasteiger partial charge in [0.15, 0.2) is 0 Å². The van der Waals surface area contributed by atoms with Gasteiger partial charge in [-0.1, -0.05) is 19.1 Å². The number of hydrogen-bond donors (Lipinski definition) is 2. The lowest BCUT2D eigenvalue weighted by molar-refractivity contribution is -0.120. The Labute approximate surface area is 153 Å². The van der Waals surface area contributed by atoms with Crippen LogP contribution in [0.25, 0.3) is 0 Å². The van der Waals surface area contributed by atoms with E-state index in [0.29, 0.717) is 17.1 Å². The molecule has 0 heterocycles. The molecule has 0 aromatic heterocycles. The van der Waals surface area contributed by atoms with Gasteiger partial charge in [0.1, 0.15) is 6.54 Å². The van der Waals surface area contributed by atoms with Crippen molar-refractivity contribution in [2.45, 2.75) is 27.2 Å². The van der Waals surface area contributed by atoms with Gasteiger partial charge in [0.2, 0.25) is 17.7 Å². The summed E-state index contributed by atoms with van der Waals surface area (Å²) in [4.78, 5) is 36.7. The zero-order chi connectivity index (χ0) is 19.1. The lowest BCUT2D eigenvalue weighted by atomic mass is 10.1. The number of rotatable bonds is 6. The number of nitrogens with one attached hydrogen (secondary N) is 2. The van der Waals surface area contributed by atoms with Gasteiger partial charge in [0, 0.05) is 30.9 Å². The minimum Gasteiger partial charge on any atom is -0.326 e. The van der Waals surface area contributed by atoms with Crippen molar-refractivity contribution < 1.29 is 14.4 Å². The van der Waals surface area contributed by atoms with Gasteiger partial charge in [-0.25, -0.2) is 0 Å². The van der Waals surface area contributed by atoms with E-state index >= 15 is 0 Å². The lowest BCUT2D eigenvalue weighted by Crippen LogP contribution is -2.36. The summed E-state index contributed by atoms with van der Waals surface area (Å²) in [5.74, 6) is -0.662. The fourth-order valence-electron chi connectivity index (χ4n) is 2.48. The first-order valence-corrected chi connectivity index (χ1v) is 8.43. The minimum absolute atomic E-state index is 0.0751. The van der Waals surface area contributed by atoms with Crippen molar-refractivity contribution in [1.82, 2.24) is 0 Å². The Morgan fingerprint density at radius 3 is 1.85 bits per heavy atom. The van der Waals surface area contributed by atoms with Gasteiger partial charge in [-0.2, -0.15) is 0 Å². The molecule has 2 aromatic carbocycles. The minimum atomic E-state index is -0.299. The fourth-order valence-corrected chi connectivity index (χ4v) is 2.48. The zero-order valence-electron chi connectivity index (χ0n) is 15.2. The summed E-state index contributed by atoms with van der Waals surface area (Å²) < 4.78 is 0. The number of amides is 3. The van der Waals surface area contributed by atoms with Crippen LogP contribution in [-0.4, -0.2) is 24.3 Å². The van der Waals surface area contributed by atoms with E-state index in [4.69, 9.17) is 0 Å². The van der Waals surface area contributed by atoms with Gasteiger partial charge in [0.05, 0.1) is 0 Å². The van der Waals surface area contributed by atoms with Crippen molar-refractivity contribution in [1.29, 1.82) is 0 Å². The van der Waals surface area contributed by atoms with Crippen LogP contribution in [0.2, 0.25) is 0 Å². The van der Waals surface area contributed by atoms with Gasteiger partial charge >= 0.3 is 0 Å². The number of aryl methyl sites for hydroxylation is 1. The van der Waals surface area contributed by atoms with Gasteiger partial charge in [0.25, 0.3) is 0 Å². The van der Waals surface area contributed by atoms with Crippen molar-refractivity contribution in [2.24, 2.45) is 0 Å². The second-order valence-corrected chi connectivity index (χ2v) is 5.93. The maximum absolute atomic E-state index is 12.3. The average Bonchev–Trinajstić information content (AvgIpc) is 2.61. The lowest BCUT2D eigenvalue weighted by Gasteiger charge is -2.21. The van der Waals surface area contributed by atoms with Gasteiger partial charge in [-0.05, 0) is 48.4 Å². The predicted octanol–water partition coefficient (Wildman–Crippen LogP) is 3.20. The van der Waals surface area contributed by atoms with Crippen LogP contribution in [-0.2, 0) is 20.8 Å². The predicted molar refractivity (Wildman–Crippen MR) is 103 cm³/mol. The molecule has 2 N–H and O–H groups in total. The molecule has 0 saturated heterocycles. The van der Waals surface area contributed by atoms with Crippen molar-refractivity contribution in [2.75, 3.05) is 22.1 Å². The number of hydrogen-bond acceptors (Lipinski definition) is 3. The van der Waals surface area contributed by atoms with Crippen LogP contribution in [0.1, 0.15) is 26.3 Å². The highest BCUT2D eigenvalue weighted by Crippen LogP contribution is 2.17. The average molecular weight is 353 g/mol. The summed E-state index contributed by atoms with van der Waals surface area (Å²) in [5, 5.41) is 5.41. The summed E-state index contributed by atoms with van der Waals surface area (Å²) in [6.45, 7) is 4.85. The molecule has 0 spiro atoms. The molecule has 0 atom stereocenters. The van der Waals surface area contributed by atoms with Crippen LogP contribution < -0.4 is 15.5 Å². The maximum Gasteiger partial charge on any atom is 0.244 e. The molecular weight excluding hydrogens is 330 g/mol. The molecule has 0 radical (unpaired) electrons. The van der Waals surface area contributed by atoms with Crippen LogP contribution in [0.15, 0.2) is 48.5 Å². The topological polar surface area (TPSA) is 78.5 Å². The van der Waals surface area contributed by atoms with Gasteiger partial charge in [-0.3, -0.25) is 14.4 Å². The first-order valence-electron chi connectivity index (χ1n) is 8.43. The summed E-state index contributed by atoms with van der Waals surface area (Å²) in [5.41, 5.74) is 3.10. The van der Waals surface area contributed by atoms with E-state index in [2.05, 4.69) is 17.6 Å². The van der Waals surface area contributed by atoms with Crippen LogP contribution in [0.3, 0.4) is 0 Å². The molecule has 3 amide bonds. The van der Waals surface area contributed by atoms with Gasteiger partial charge < -0.3 is 15.5 Å². The van der Waals surface area contributed by atoms with Crippen molar-refractivity contribution in [3.63, 3.8) is 0 Å². The third kappa shape index (κ3) is 5.44. The van der Waals surface area contributed by atoms with E-state index in [-0.39, 0.29) is 24.3 Å². The molecule has 0 bridgehead atoms. The number of benzene rings is 2. The Morgan fingerprint density at radius 2 is 1.38 bits per heavy atom. The normalized spacial score (nSPS) is 10.1. The fraction of sp³-hybridized carbons (Fsp3) is 0.250. The summed E-state index contributed by atoms with van der Waals surface area (Å²) in [7, 11) is 0. The number of anilines is 3. The molecule has 0 aliphatic heterocycles. The van der Waals surface area contributed by atoms with E-state index in [9.17, 15) is 14.4 Å². The Balaban J connectivity index is 2.03. The standard InChI is InChI=1S/C20H23N3O3/c1-4-16-5-11-19(12-6-16)23(15(3)25)13-20(26)22-18-9-7-17(8-10-18)21-14(2)24/h5-12H,4,13H2,1-3H3,(H,21,24)(H,22,26). The maximum atomic E-state index is 12.3. The third-order valence-corrected chi connectivity index (χ3v) is 3.83. The van der Waals surface area contributed by atoms with Gasteiger partial charge in [-0.15, -0.1) is 0 Å². The molecule has 0 aliphatic carbocycles.